The molecule has 9 heteroatoms. The van der Waals surface area contributed by atoms with E-state index in [4.69, 9.17) is 11.6 Å². The first-order valence-electron chi connectivity index (χ1n) is 9.79. The van der Waals surface area contributed by atoms with Crippen molar-refractivity contribution in [2.45, 2.75) is 19.3 Å². The topological polar surface area (TPSA) is 133 Å². The molecule has 0 saturated heterocycles. The van der Waals surface area contributed by atoms with E-state index in [1.807, 2.05) is 26.0 Å². The maximum Gasteiger partial charge on any atom is 0.255 e. The van der Waals surface area contributed by atoms with E-state index in [0.717, 1.165) is 11.1 Å². The number of nitrogens with two attached hydrogens (primary N) is 2. The Morgan fingerprint density at radius 1 is 1.34 bits per heavy atom. The summed E-state index contributed by atoms with van der Waals surface area (Å²) >= 11 is 3.47. The number of amides is 1. The zero-order chi connectivity index (χ0) is 23.3. The molecule has 1 heterocycles. The number of aliphatic imine (C=N–C) groups is 1. The Hall–Kier alpha value is -3.61. The van der Waals surface area contributed by atoms with E-state index in [9.17, 15) is 10.1 Å². The Kier molecular flexibility index (Phi) is 6.98. The summed E-state index contributed by atoms with van der Waals surface area (Å²) in [6, 6.07) is 14.6. The molecule has 0 aliphatic carbocycles. The fourth-order valence-electron chi connectivity index (χ4n) is 2.96. The van der Waals surface area contributed by atoms with Crippen LogP contribution in [0.1, 0.15) is 29.8 Å². The van der Waals surface area contributed by atoms with Crippen LogP contribution in [0.15, 0.2) is 75.6 Å². The number of carbonyl (C=O) groups excluding carboxylic acids is 1. The van der Waals surface area contributed by atoms with E-state index in [1.165, 1.54) is 5.01 Å². The highest BCUT2D eigenvalue weighted by molar-refractivity contribution is 9.10. The van der Waals surface area contributed by atoms with Gasteiger partial charge in [0.1, 0.15) is 0 Å². The molecule has 1 aliphatic heterocycles. The van der Waals surface area contributed by atoms with Gasteiger partial charge in [0.25, 0.3) is 5.91 Å². The van der Waals surface area contributed by atoms with Crippen molar-refractivity contribution >= 4 is 39.6 Å². The minimum Gasteiger partial charge on any atom is -0.397 e. The van der Waals surface area contributed by atoms with E-state index in [2.05, 4.69) is 37.6 Å². The van der Waals surface area contributed by atoms with Gasteiger partial charge in [0.2, 0.25) is 0 Å². The van der Waals surface area contributed by atoms with Crippen molar-refractivity contribution < 1.29 is 4.79 Å². The van der Waals surface area contributed by atoms with Gasteiger partial charge in [-0.05, 0) is 65.7 Å². The quantitative estimate of drug-likeness (QED) is 0.359. The molecule has 0 bridgehead atoms. The molecule has 0 spiro atoms. The van der Waals surface area contributed by atoms with Crippen molar-refractivity contribution in [2.24, 2.45) is 16.6 Å². The van der Waals surface area contributed by atoms with Crippen LogP contribution in [0.4, 0.5) is 11.4 Å². The lowest BCUT2D eigenvalue weighted by atomic mass is 9.86. The number of benzene rings is 2. The molecule has 1 aliphatic rings. The van der Waals surface area contributed by atoms with E-state index < -0.39 is 5.41 Å². The minimum atomic E-state index is -0.660. The summed E-state index contributed by atoms with van der Waals surface area (Å²) in [5, 5.41) is 16.5. The average molecular weight is 494 g/mol. The second kappa shape index (κ2) is 9.68. The highest BCUT2D eigenvalue weighted by Crippen LogP contribution is 2.28. The van der Waals surface area contributed by atoms with Crippen molar-refractivity contribution in [1.82, 2.24) is 5.32 Å². The molecule has 2 aromatic carbocycles. The van der Waals surface area contributed by atoms with Crippen LogP contribution in [0.3, 0.4) is 0 Å². The Balaban J connectivity index is 1.81. The molecule has 3 rings (SSSR count). The predicted octanol–water partition coefficient (Wildman–Crippen LogP) is 3.50. The minimum absolute atomic E-state index is 0.301. The highest BCUT2D eigenvalue weighted by Gasteiger charge is 2.20. The molecule has 0 aromatic heterocycles. The summed E-state index contributed by atoms with van der Waals surface area (Å²) in [6.45, 7) is 4.11. The fraction of sp³-hybridized carbons (Fsp3) is 0.174. The third kappa shape index (κ3) is 5.35. The molecular formula is C23H24BrN7O. The Bertz CT molecular complexity index is 1160. The second-order valence-electron chi connectivity index (χ2n) is 7.74. The van der Waals surface area contributed by atoms with Crippen LogP contribution in [-0.2, 0) is 5.41 Å². The summed E-state index contributed by atoms with van der Waals surface area (Å²) in [5.41, 5.74) is 9.13. The number of carbonyl (C=O) groups is 1. The molecule has 0 fully saturated rings. The van der Waals surface area contributed by atoms with Crippen molar-refractivity contribution in [3.63, 3.8) is 0 Å². The summed E-state index contributed by atoms with van der Waals surface area (Å²) in [5.74, 6) is 5.91. The van der Waals surface area contributed by atoms with Gasteiger partial charge in [0.05, 0.1) is 35.8 Å². The third-order valence-electron chi connectivity index (χ3n) is 4.94. The van der Waals surface area contributed by atoms with Gasteiger partial charge < -0.3 is 16.4 Å². The van der Waals surface area contributed by atoms with E-state index >= 15 is 0 Å². The summed E-state index contributed by atoms with van der Waals surface area (Å²) in [4.78, 5) is 17.0. The molecule has 0 atom stereocenters. The molecule has 0 radical (unpaired) electrons. The molecule has 6 N–H and O–H groups in total. The van der Waals surface area contributed by atoms with Gasteiger partial charge in [-0.1, -0.05) is 12.1 Å². The SMILES string of the molecule is CC(C)(C#N)c1cccc(NC(=O)c2ccc(Br)c(N(N)/C=C(\N)C3=CNC=NC3)c2)c1. The van der Waals surface area contributed by atoms with E-state index in [0.29, 0.717) is 33.7 Å². The van der Waals surface area contributed by atoms with Gasteiger partial charge in [0.15, 0.2) is 0 Å². The number of halogens is 1. The van der Waals surface area contributed by atoms with Crippen LogP contribution < -0.4 is 27.2 Å². The van der Waals surface area contributed by atoms with Gasteiger partial charge in [-0.15, -0.1) is 0 Å². The standard InChI is InChI=1S/C23H24BrN7O/c1-23(2,13-25)17-4-3-5-18(9-17)30-22(32)15-6-7-19(24)21(8-15)31(27)12-20(26)16-10-28-14-29-11-16/h3-10,12,14H,11,26-27H2,1-2H3,(H,28,29)(H,30,32)/b20-12-. The van der Waals surface area contributed by atoms with Gasteiger partial charge in [-0.3, -0.25) is 14.8 Å². The Morgan fingerprint density at radius 2 is 2.12 bits per heavy atom. The summed E-state index contributed by atoms with van der Waals surface area (Å²) < 4.78 is 0.701. The monoisotopic (exact) mass is 493 g/mol. The van der Waals surface area contributed by atoms with Gasteiger partial charge in [-0.2, -0.15) is 5.26 Å². The number of hydrazine groups is 1. The van der Waals surface area contributed by atoms with Crippen molar-refractivity contribution in [2.75, 3.05) is 16.9 Å². The van der Waals surface area contributed by atoms with Crippen LogP contribution in [0, 0.1) is 11.3 Å². The van der Waals surface area contributed by atoms with Crippen molar-refractivity contribution in [1.29, 1.82) is 5.26 Å². The number of nitrogens with zero attached hydrogens (tertiary/aromatic N) is 3. The maximum atomic E-state index is 12.9. The number of rotatable bonds is 6. The number of nitrogens with one attached hydrogen (secondary N) is 2. The first kappa shape index (κ1) is 23.1. The largest absolute Gasteiger partial charge is 0.397 e. The predicted molar refractivity (Wildman–Crippen MR) is 131 cm³/mol. The van der Waals surface area contributed by atoms with Gasteiger partial charge in [0, 0.05) is 33.7 Å². The second-order valence-corrected chi connectivity index (χ2v) is 8.59. The molecule has 164 valence electrons. The van der Waals surface area contributed by atoms with Crippen LogP contribution in [0.5, 0.6) is 0 Å². The maximum absolute atomic E-state index is 12.9. The third-order valence-corrected chi connectivity index (χ3v) is 5.61. The number of nitriles is 1. The number of hydrogen-bond acceptors (Lipinski definition) is 7. The van der Waals surface area contributed by atoms with Crippen LogP contribution in [0.25, 0.3) is 0 Å². The summed E-state index contributed by atoms with van der Waals surface area (Å²) in [6.07, 6.45) is 4.92. The zero-order valence-corrected chi connectivity index (χ0v) is 19.3. The lowest BCUT2D eigenvalue weighted by Gasteiger charge is -2.19. The highest BCUT2D eigenvalue weighted by atomic mass is 79.9. The average Bonchev–Trinajstić information content (AvgIpc) is 2.80. The molecule has 0 saturated carbocycles. The smallest absolute Gasteiger partial charge is 0.255 e. The van der Waals surface area contributed by atoms with Crippen LogP contribution in [-0.4, -0.2) is 18.8 Å². The van der Waals surface area contributed by atoms with Crippen LogP contribution in [0.2, 0.25) is 0 Å². The zero-order valence-electron chi connectivity index (χ0n) is 17.8. The lowest BCUT2D eigenvalue weighted by Crippen LogP contribution is -2.28. The van der Waals surface area contributed by atoms with E-state index in [-0.39, 0.29) is 5.91 Å². The first-order valence-corrected chi connectivity index (χ1v) is 10.6. The first-order chi connectivity index (χ1) is 15.2. The summed E-state index contributed by atoms with van der Waals surface area (Å²) in [7, 11) is 0. The van der Waals surface area contributed by atoms with Crippen LogP contribution >= 0.6 is 15.9 Å². The normalized spacial score (nSPS) is 13.6. The molecular weight excluding hydrogens is 470 g/mol. The molecule has 1 amide bonds. The molecule has 2 aromatic rings. The van der Waals surface area contributed by atoms with Crippen molar-refractivity contribution in [3.05, 3.63) is 81.7 Å². The van der Waals surface area contributed by atoms with E-state index in [1.54, 1.807) is 49.1 Å². The number of anilines is 2. The van der Waals surface area contributed by atoms with Gasteiger partial charge >= 0.3 is 0 Å². The Labute approximate surface area is 195 Å². The molecule has 32 heavy (non-hydrogen) atoms. The molecule has 8 nitrogen and oxygen atoms in total. The fourth-order valence-corrected chi connectivity index (χ4v) is 3.41. The Morgan fingerprint density at radius 3 is 2.81 bits per heavy atom. The number of hydrogen-bond donors (Lipinski definition) is 4. The molecule has 0 unspecified atom stereocenters. The van der Waals surface area contributed by atoms with Crippen molar-refractivity contribution in [3.8, 4) is 6.07 Å². The lowest BCUT2D eigenvalue weighted by molar-refractivity contribution is 0.102. The van der Waals surface area contributed by atoms with Gasteiger partial charge in [-0.25, -0.2) is 5.84 Å².